The second-order valence-corrected chi connectivity index (χ2v) is 24.0. The first kappa shape index (κ1) is 46.6. The second-order valence-electron chi connectivity index (χ2n) is 24.0. The van der Waals surface area contributed by atoms with Gasteiger partial charge in [-0.25, -0.2) is 0 Å². The number of anilines is 8. The Morgan fingerprint density at radius 1 is 0.397 bits per heavy atom. The Hall–Kier alpha value is -8.74. The summed E-state index contributed by atoms with van der Waals surface area (Å²) in [5.41, 5.74) is 25.1. The molecule has 0 aromatic heterocycles. The van der Waals surface area contributed by atoms with Crippen molar-refractivity contribution in [3.63, 3.8) is 0 Å². The molecule has 10 aromatic rings. The van der Waals surface area contributed by atoms with E-state index in [1.165, 1.54) is 55.5 Å². The quantitative estimate of drug-likeness (QED) is 0.155. The molecular formula is C72H60BN3O2. The van der Waals surface area contributed by atoms with Crippen molar-refractivity contribution in [2.45, 2.75) is 77.6 Å². The van der Waals surface area contributed by atoms with Gasteiger partial charge >= 0.3 is 6.85 Å². The molecule has 2 aliphatic carbocycles. The number of hydrogen-bond acceptors (Lipinski definition) is 5. The van der Waals surface area contributed by atoms with Gasteiger partial charge in [0.15, 0.2) is 23.0 Å². The van der Waals surface area contributed by atoms with Crippen LogP contribution in [-0.4, -0.2) is 6.85 Å². The Labute approximate surface area is 459 Å². The number of fused-ring (bicyclic) bond motifs is 10. The molecule has 10 aromatic carbocycles. The summed E-state index contributed by atoms with van der Waals surface area (Å²) in [5.74, 6) is 2.80. The second kappa shape index (κ2) is 16.9. The highest BCUT2D eigenvalue weighted by Gasteiger charge is 2.49. The lowest BCUT2D eigenvalue weighted by molar-refractivity contribution is 0.332. The first-order valence-electron chi connectivity index (χ1n) is 27.7. The summed E-state index contributed by atoms with van der Waals surface area (Å²) >= 11 is 0. The van der Waals surface area contributed by atoms with Crippen LogP contribution in [0.2, 0.25) is 0 Å². The zero-order valence-electron chi connectivity index (χ0n) is 45.4. The van der Waals surface area contributed by atoms with Crippen molar-refractivity contribution in [2.75, 3.05) is 14.6 Å². The van der Waals surface area contributed by atoms with Crippen molar-refractivity contribution in [3.05, 3.63) is 240 Å². The van der Waals surface area contributed by atoms with Crippen molar-refractivity contribution < 1.29 is 9.47 Å². The van der Waals surface area contributed by atoms with Crippen LogP contribution in [0, 0.1) is 6.92 Å². The summed E-state index contributed by atoms with van der Waals surface area (Å²) < 4.78 is 13.9. The maximum Gasteiger partial charge on any atom is 0.333 e. The largest absolute Gasteiger partial charge is 0.450 e. The molecule has 0 fully saturated rings. The van der Waals surface area contributed by atoms with E-state index >= 15 is 0 Å². The minimum absolute atomic E-state index is 0.0334. The molecule has 0 unspecified atom stereocenters. The van der Waals surface area contributed by atoms with Crippen molar-refractivity contribution in [3.8, 4) is 56.4 Å². The lowest BCUT2D eigenvalue weighted by Gasteiger charge is -2.48. The third-order valence-corrected chi connectivity index (χ3v) is 18.0. The molecule has 6 heteroatoms. The Bertz CT molecular complexity index is 4070. The lowest BCUT2D eigenvalue weighted by atomic mass is 9.43. The number of para-hydroxylation sites is 5. The van der Waals surface area contributed by atoms with E-state index in [1.54, 1.807) is 0 Å². The minimum atomic E-state index is -0.323. The highest BCUT2D eigenvalue weighted by atomic mass is 16.6. The first-order chi connectivity index (χ1) is 37.8. The summed E-state index contributed by atoms with van der Waals surface area (Å²) in [5, 5.41) is 0. The third-order valence-electron chi connectivity index (χ3n) is 18.0. The average molecular weight is 1010 g/mol. The molecule has 378 valence electrons. The van der Waals surface area contributed by atoms with Crippen LogP contribution in [0.15, 0.2) is 212 Å². The summed E-state index contributed by atoms with van der Waals surface area (Å²) in [6.45, 7) is 16.5. The number of nitrogens with zero attached hydrogens (tertiary/aromatic N) is 3. The molecule has 0 radical (unpaired) electrons. The molecule has 0 saturated heterocycles. The van der Waals surface area contributed by atoms with E-state index in [2.05, 4.69) is 251 Å². The fraction of sp³-hybridized carbons (Fsp3) is 0.167. The highest BCUT2D eigenvalue weighted by Crippen LogP contribution is 2.58. The van der Waals surface area contributed by atoms with Gasteiger partial charge in [-0.1, -0.05) is 169 Å². The molecule has 5 nitrogen and oxygen atoms in total. The van der Waals surface area contributed by atoms with E-state index in [1.807, 2.05) is 24.3 Å². The summed E-state index contributed by atoms with van der Waals surface area (Å²) in [6, 6.07) is 78.5. The molecule has 5 aliphatic rings. The van der Waals surface area contributed by atoms with Gasteiger partial charge in [-0.2, -0.15) is 0 Å². The third kappa shape index (κ3) is 6.88. The zero-order chi connectivity index (χ0) is 52.8. The number of ether oxygens (including phenoxy) is 2. The van der Waals surface area contributed by atoms with Crippen LogP contribution < -0.4 is 35.0 Å². The molecule has 3 heterocycles. The van der Waals surface area contributed by atoms with Crippen molar-refractivity contribution in [2.24, 2.45) is 0 Å². The van der Waals surface area contributed by atoms with Gasteiger partial charge in [0.1, 0.15) is 0 Å². The zero-order valence-corrected chi connectivity index (χ0v) is 45.4. The average Bonchev–Trinajstić information content (AvgIpc) is 3.25. The van der Waals surface area contributed by atoms with Gasteiger partial charge in [0.05, 0.1) is 0 Å². The van der Waals surface area contributed by atoms with Crippen molar-refractivity contribution in [1.82, 2.24) is 0 Å². The van der Waals surface area contributed by atoms with Gasteiger partial charge in [-0.15, -0.1) is 0 Å². The fourth-order valence-corrected chi connectivity index (χ4v) is 13.9. The first-order valence-corrected chi connectivity index (χ1v) is 27.7. The molecule has 78 heavy (non-hydrogen) atoms. The van der Waals surface area contributed by atoms with Crippen LogP contribution in [0.1, 0.15) is 82.2 Å². The minimum Gasteiger partial charge on any atom is -0.450 e. The van der Waals surface area contributed by atoms with E-state index in [0.29, 0.717) is 23.0 Å². The molecule has 0 saturated carbocycles. The van der Waals surface area contributed by atoms with Crippen LogP contribution in [-0.2, 0) is 16.2 Å². The molecule has 0 spiro atoms. The molecule has 0 N–H and O–H groups in total. The molecule has 0 bridgehead atoms. The topological polar surface area (TPSA) is 28.2 Å². The van der Waals surface area contributed by atoms with Gasteiger partial charge in [0.25, 0.3) is 0 Å². The molecule has 15 rings (SSSR count). The van der Waals surface area contributed by atoms with Crippen molar-refractivity contribution >= 4 is 63.3 Å². The van der Waals surface area contributed by atoms with Crippen LogP contribution in [0.3, 0.4) is 0 Å². The molecular weight excluding hydrogens is 950 g/mol. The summed E-state index contributed by atoms with van der Waals surface area (Å²) in [6.07, 6.45) is 2.25. The predicted molar refractivity (Wildman–Crippen MR) is 324 cm³/mol. The number of hydrogen-bond donors (Lipinski definition) is 0. The van der Waals surface area contributed by atoms with E-state index in [0.717, 1.165) is 74.9 Å². The lowest BCUT2D eigenvalue weighted by Crippen LogP contribution is -2.61. The Morgan fingerprint density at radius 2 is 0.974 bits per heavy atom. The number of aryl methyl sites for hydroxylation is 1. The number of rotatable bonds is 6. The molecule has 0 amide bonds. The molecule has 0 atom stereocenters. The van der Waals surface area contributed by atoms with Crippen LogP contribution in [0.25, 0.3) is 33.4 Å². The monoisotopic (exact) mass is 1010 g/mol. The van der Waals surface area contributed by atoms with Gasteiger partial charge in [0.2, 0.25) is 0 Å². The van der Waals surface area contributed by atoms with E-state index in [-0.39, 0.29) is 23.1 Å². The Balaban J connectivity index is 1.11. The number of benzene rings is 10. The SMILES string of the molecule is Cc1cc2c(cc1N1c3cc4c(cc3B3c5c(cc(N(c6ccccc6)c6ccccc6)cc51)-c1cc5c(cc1N3c1ccccc1-c1ccccc1)-c1ccccc1C5(C)C)Oc1ccccc1O4)C(C)(C)CCC2(C)C. The summed E-state index contributed by atoms with van der Waals surface area (Å²) in [7, 11) is 0. The Morgan fingerprint density at radius 3 is 1.65 bits per heavy atom. The van der Waals surface area contributed by atoms with E-state index in [9.17, 15) is 0 Å². The van der Waals surface area contributed by atoms with Gasteiger partial charge in [-0.3, -0.25) is 0 Å². The normalized spacial score (nSPS) is 16.0. The van der Waals surface area contributed by atoms with E-state index in [4.69, 9.17) is 9.47 Å². The van der Waals surface area contributed by atoms with Gasteiger partial charge in [0, 0.05) is 68.1 Å². The maximum atomic E-state index is 6.97. The van der Waals surface area contributed by atoms with Gasteiger partial charge < -0.3 is 24.1 Å². The Kier molecular flexibility index (Phi) is 10.1. The summed E-state index contributed by atoms with van der Waals surface area (Å²) in [4.78, 5) is 7.71. The maximum absolute atomic E-state index is 6.97. The predicted octanol–water partition coefficient (Wildman–Crippen LogP) is 18.4. The van der Waals surface area contributed by atoms with E-state index < -0.39 is 0 Å². The highest BCUT2D eigenvalue weighted by molar-refractivity contribution is 6.93. The standard InChI is InChI=1S/C72H60BN3O2/c1-45-37-57-58(71(4,5)36-35-70(57,2)3)42-61(45)75-63-44-68-67(77-65-33-21-22-34-66(65)78-68)43-59(63)73-69-54(38-49(39-64(69)75)74(47-25-13-9-14-26-47)48-27-15-10-16-28-48)53-40-56-52(51-30-17-19-31-55(51)72(56,6)7)41-62(53)76(73)60-32-20-18-29-50(60)46-23-11-8-12-24-46/h8-34,37-44H,35-36H2,1-7H3. The van der Waals surface area contributed by atoms with Crippen LogP contribution in [0.5, 0.6) is 23.0 Å². The van der Waals surface area contributed by atoms with Crippen molar-refractivity contribution in [1.29, 1.82) is 0 Å². The van der Waals surface area contributed by atoms with Crippen LogP contribution in [0.4, 0.5) is 45.5 Å². The smallest absolute Gasteiger partial charge is 0.333 e. The van der Waals surface area contributed by atoms with Crippen LogP contribution >= 0.6 is 0 Å². The molecule has 3 aliphatic heterocycles. The fourth-order valence-electron chi connectivity index (χ4n) is 13.9. The van der Waals surface area contributed by atoms with Gasteiger partial charge in [-0.05, 0) is 170 Å².